The third-order valence-electron chi connectivity index (χ3n) is 6.34. The van der Waals surface area contributed by atoms with Crippen molar-refractivity contribution in [2.24, 2.45) is 0 Å². The number of aliphatic hydroxyl groups is 1. The Morgan fingerprint density at radius 3 is 2.60 bits per heavy atom. The Kier molecular flexibility index (Phi) is 6.69. The number of ether oxygens (including phenoxy) is 1. The van der Waals surface area contributed by atoms with Gasteiger partial charge in [0, 0.05) is 29.6 Å². The largest absolute Gasteiger partial charge is 0.497 e. The molecule has 7 heteroatoms. The second kappa shape index (κ2) is 9.62. The lowest BCUT2D eigenvalue weighted by atomic mass is 9.89. The van der Waals surface area contributed by atoms with Gasteiger partial charge in [0.05, 0.1) is 13.2 Å². The zero-order valence-corrected chi connectivity index (χ0v) is 18.0. The van der Waals surface area contributed by atoms with Crippen LogP contribution in [-0.2, 0) is 0 Å². The van der Waals surface area contributed by atoms with Crippen molar-refractivity contribution >= 4 is 17.5 Å². The van der Waals surface area contributed by atoms with Crippen LogP contribution in [-0.4, -0.2) is 59.4 Å². The highest BCUT2D eigenvalue weighted by Crippen LogP contribution is 2.34. The first-order valence-corrected chi connectivity index (χ1v) is 11.0. The Balaban J connectivity index is 1.56. The zero-order chi connectivity index (χ0) is 20.9. The molecule has 1 saturated carbocycles. The van der Waals surface area contributed by atoms with E-state index in [0.717, 1.165) is 68.9 Å². The fourth-order valence-corrected chi connectivity index (χ4v) is 4.43. The molecule has 2 fully saturated rings. The Hall–Kier alpha value is -2.38. The van der Waals surface area contributed by atoms with Crippen molar-refractivity contribution in [3.05, 3.63) is 36.0 Å². The van der Waals surface area contributed by atoms with Crippen molar-refractivity contribution in [1.82, 2.24) is 14.9 Å². The van der Waals surface area contributed by atoms with Crippen LogP contribution >= 0.6 is 0 Å². The van der Waals surface area contributed by atoms with Gasteiger partial charge >= 0.3 is 0 Å². The molecular formula is C23H33N5O2. The maximum atomic E-state index is 9.85. The fourth-order valence-electron chi connectivity index (χ4n) is 4.43. The number of hydrogen-bond donors (Lipinski definition) is 3. The monoisotopic (exact) mass is 411 g/mol. The van der Waals surface area contributed by atoms with Crippen molar-refractivity contribution < 1.29 is 9.84 Å². The topological polar surface area (TPSA) is 82.5 Å². The summed E-state index contributed by atoms with van der Waals surface area (Å²) in [5.74, 6) is 2.79. The molecule has 1 aliphatic carbocycles. The highest BCUT2D eigenvalue weighted by Gasteiger charge is 2.25. The molecule has 3 N–H and O–H groups in total. The molecule has 1 aliphatic heterocycles. The number of aliphatic hydroxyl groups excluding tert-OH is 1. The van der Waals surface area contributed by atoms with Crippen LogP contribution in [0.25, 0.3) is 0 Å². The average Bonchev–Trinajstić information content (AvgIpc) is 2.76. The predicted octanol–water partition coefficient (Wildman–Crippen LogP) is 3.75. The van der Waals surface area contributed by atoms with Gasteiger partial charge in [0.15, 0.2) is 0 Å². The van der Waals surface area contributed by atoms with Gasteiger partial charge in [-0.15, -0.1) is 0 Å². The lowest BCUT2D eigenvalue weighted by molar-refractivity contribution is 0.126. The maximum absolute atomic E-state index is 9.85. The number of benzene rings is 1. The average molecular weight is 412 g/mol. The standard InChI is InChI=1S/C23H33N5O2/c1-28-12-10-16(11-13-28)21-15-24-23(26-18-4-3-5-20(14-18)30-2)27-22(21)25-17-6-8-19(29)9-7-17/h3-5,14-17,19,29H,6-13H2,1-2H3,(H2,24,25,26,27). The van der Waals surface area contributed by atoms with Crippen LogP contribution in [0.1, 0.15) is 50.0 Å². The number of aromatic nitrogens is 2. The van der Waals surface area contributed by atoms with Crippen LogP contribution in [0, 0.1) is 0 Å². The van der Waals surface area contributed by atoms with Gasteiger partial charge in [0.1, 0.15) is 11.6 Å². The van der Waals surface area contributed by atoms with E-state index in [0.29, 0.717) is 17.9 Å². The number of piperidine rings is 1. The summed E-state index contributed by atoms with van der Waals surface area (Å²) in [6.07, 6.45) is 7.72. The molecule has 1 aromatic heterocycles. The Labute approximate surface area is 178 Å². The van der Waals surface area contributed by atoms with Gasteiger partial charge in [0.2, 0.25) is 5.95 Å². The summed E-state index contributed by atoms with van der Waals surface area (Å²) in [7, 11) is 3.84. The smallest absolute Gasteiger partial charge is 0.229 e. The van der Waals surface area contributed by atoms with Gasteiger partial charge in [-0.3, -0.25) is 0 Å². The van der Waals surface area contributed by atoms with E-state index in [2.05, 4.69) is 27.6 Å². The Morgan fingerprint density at radius 1 is 1.10 bits per heavy atom. The highest BCUT2D eigenvalue weighted by molar-refractivity contribution is 5.58. The van der Waals surface area contributed by atoms with E-state index in [-0.39, 0.29) is 6.10 Å². The van der Waals surface area contributed by atoms with E-state index < -0.39 is 0 Å². The highest BCUT2D eigenvalue weighted by atomic mass is 16.5. The summed E-state index contributed by atoms with van der Waals surface area (Å²) < 4.78 is 5.31. The Morgan fingerprint density at radius 2 is 1.87 bits per heavy atom. The van der Waals surface area contributed by atoms with Gasteiger partial charge in [-0.25, -0.2) is 4.98 Å². The van der Waals surface area contributed by atoms with E-state index >= 15 is 0 Å². The molecule has 1 aromatic carbocycles. The molecule has 7 nitrogen and oxygen atoms in total. The van der Waals surface area contributed by atoms with Gasteiger partial charge in [-0.1, -0.05) is 6.07 Å². The molecule has 2 aromatic rings. The van der Waals surface area contributed by atoms with Crippen LogP contribution < -0.4 is 15.4 Å². The normalized spacial score (nSPS) is 23.2. The summed E-state index contributed by atoms with van der Waals surface area (Å²) >= 11 is 0. The van der Waals surface area contributed by atoms with Crippen LogP contribution in [0.15, 0.2) is 30.5 Å². The summed E-state index contributed by atoms with van der Waals surface area (Å²) in [4.78, 5) is 11.9. The van der Waals surface area contributed by atoms with Gasteiger partial charge in [-0.2, -0.15) is 4.98 Å². The zero-order valence-electron chi connectivity index (χ0n) is 18.0. The first-order valence-electron chi connectivity index (χ1n) is 11.0. The van der Waals surface area contributed by atoms with Crippen LogP contribution in [0.2, 0.25) is 0 Å². The van der Waals surface area contributed by atoms with E-state index in [9.17, 15) is 5.11 Å². The predicted molar refractivity (Wildman–Crippen MR) is 120 cm³/mol. The SMILES string of the molecule is COc1cccc(Nc2ncc(C3CCN(C)CC3)c(NC3CCC(O)CC3)n2)c1. The molecule has 2 heterocycles. The molecule has 0 unspecified atom stereocenters. The third kappa shape index (κ3) is 5.21. The second-order valence-electron chi connectivity index (χ2n) is 8.58. The molecular weight excluding hydrogens is 378 g/mol. The number of methoxy groups -OCH3 is 1. The summed E-state index contributed by atoms with van der Waals surface area (Å²) in [5, 5.41) is 16.8. The molecule has 0 radical (unpaired) electrons. The first-order chi connectivity index (χ1) is 14.6. The third-order valence-corrected chi connectivity index (χ3v) is 6.34. The van der Waals surface area contributed by atoms with Crippen molar-refractivity contribution in [2.75, 3.05) is 37.9 Å². The van der Waals surface area contributed by atoms with E-state index in [1.807, 2.05) is 30.5 Å². The molecule has 0 amide bonds. The fraction of sp³-hybridized carbons (Fsp3) is 0.565. The number of hydrogen-bond acceptors (Lipinski definition) is 7. The Bertz CT molecular complexity index is 830. The van der Waals surface area contributed by atoms with Crippen LogP contribution in [0.3, 0.4) is 0 Å². The van der Waals surface area contributed by atoms with Crippen LogP contribution in [0.4, 0.5) is 17.5 Å². The van der Waals surface area contributed by atoms with E-state index in [4.69, 9.17) is 9.72 Å². The lowest BCUT2D eigenvalue weighted by Crippen LogP contribution is -2.31. The number of nitrogens with zero attached hydrogens (tertiary/aromatic N) is 3. The minimum atomic E-state index is -0.160. The van der Waals surface area contributed by atoms with Crippen molar-refractivity contribution in [3.8, 4) is 5.75 Å². The number of nitrogens with one attached hydrogen (secondary N) is 2. The van der Waals surface area contributed by atoms with E-state index in [1.54, 1.807) is 7.11 Å². The first kappa shape index (κ1) is 20.9. The lowest BCUT2D eigenvalue weighted by Gasteiger charge is -2.32. The molecule has 162 valence electrons. The molecule has 0 atom stereocenters. The number of rotatable bonds is 6. The minimum absolute atomic E-state index is 0.160. The van der Waals surface area contributed by atoms with Gasteiger partial charge in [0.25, 0.3) is 0 Å². The summed E-state index contributed by atoms with van der Waals surface area (Å²) in [5.41, 5.74) is 2.11. The molecule has 4 rings (SSSR count). The molecule has 30 heavy (non-hydrogen) atoms. The van der Waals surface area contributed by atoms with E-state index in [1.165, 1.54) is 5.56 Å². The molecule has 0 spiro atoms. The summed E-state index contributed by atoms with van der Waals surface area (Å²) in [6, 6.07) is 8.12. The molecule has 2 aliphatic rings. The quantitative estimate of drug-likeness (QED) is 0.668. The van der Waals surface area contributed by atoms with Gasteiger partial charge in [-0.05, 0) is 76.7 Å². The molecule has 0 bridgehead atoms. The van der Waals surface area contributed by atoms with Crippen molar-refractivity contribution in [2.45, 2.75) is 56.6 Å². The van der Waals surface area contributed by atoms with Crippen molar-refractivity contribution in [3.63, 3.8) is 0 Å². The maximum Gasteiger partial charge on any atom is 0.229 e. The summed E-state index contributed by atoms with van der Waals surface area (Å²) in [6.45, 7) is 2.20. The second-order valence-corrected chi connectivity index (χ2v) is 8.58. The number of likely N-dealkylation sites (tertiary alicyclic amines) is 1. The number of anilines is 3. The van der Waals surface area contributed by atoms with Gasteiger partial charge < -0.3 is 25.4 Å². The minimum Gasteiger partial charge on any atom is -0.497 e. The van der Waals surface area contributed by atoms with Crippen molar-refractivity contribution in [1.29, 1.82) is 0 Å². The molecule has 1 saturated heterocycles. The van der Waals surface area contributed by atoms with Crippen LogP contribution in [0.5, 0.6) is 5.75 Å².